The average Bonchev–Trinajstić information content (AvgIpc) is 3.20. The Hall–Kier alpha value is -4.01. The van der Waals surface area contributed by atoms with E-state index in [-0.39, 0.29) is 11.8 Å². The van der Waals surface area contributed by atoms with Crippen LogP contribution < -0.4 is 24.8 Å². The predicted molar refractivity (Wildman–Crippen MR) is 112 cm³/mol. The second kappa shape index (κ2) is 8.99. The minimum absolute atomic E-state index is 0.195. The molecular formula is C21H22N4O5. The van der Waals surface area contributed by atoms with Crippen molar-refractivity contribution in [3.05, 3.63) is 54.5 Å². The fraction of sp³-hybridized carbons (Fsp3) is 0.190. The number of ether oxygens (including phenoxy) is 3. The number of benzene rings is 2. The highest BCUT2D eigenvalue weighted by molar-refractivity contribution is 6.04. The number of carbonyl (C=O) groups is 2. The second-order valence-electron chi connectivity index (χ2n) is 6.26. The first-order chi connectivity index (χ1) is 14.4. The van der Waals surface area contributed by atoms with Gasteiger partial charge in [0.15, 0.2) is 17.3 Å². The number of hydrogen-bond acceptors (Lipinski definition) is 6. The number of aromatic nitrogens is 2. The van der Waals surface area contributed by atoms with Crippen molar-refractivity contribution in [2.24, 2.45) is 0 Å². The maximum absolute atomic E-state index is 12.7. The molecule has 0 radical (unpaired) electrons. The lowest BCUT2D eigenvalue weighted by atomic mass is 10.1. The zero-order valence-electron chi connectivity index (χ0n) is 17.1. The number of nitrogens with one attached hydrogen (secondary N) is 2. The molecule has 1 aromatic heterocycles. The van der Waals surface area contributed by atoms with Crippen LogP contribution >= 0.6 is 0 Å². The second-order valence-corrected chi connectivity index (χ2v) is 6.26. The minimum atomic E-state index is -0.291. The summed E-state index contributed by atoms with van der Waals surface area (Å²) in [7, 11) is 4.53. The molecule has 0 saturated heterocycles. The first kappa shape index (κ1) is 20.7. The van der Waals surface area contributed by atoms with E-state index in [9.17, 15) is 9.59 Å². The third-order valence-corrected chi connectivity index (χ3v) is 4.24. The van der Waals surface area contributed by atoms with Crippen molar-refractivity contribution in [2.75, 3.05) is 32.0 Å². The van der Waals surface area contributed by atoms with Crippen molar-refractivity contribution >= 4 is 23.3 Å². The molecule has 1 heterocycles. The highest BCUT2D eigenvalue weighted by Gasteiger charge is 2.15. The Balaban J connectivity index is 1.76. The van der Waals surface area contributed by atoms with Crippen LogP contribution in [-0.2, 0) is 4.79 Å². The number of anilines is 2. The third-order valence-electron chi connectivity index (χ3n) is 4.24. The van der Waals surface area contributed by atoms with Gasteiger partial charge in [-0.25, -0.2) is 4.98 Å². The van der Waals surface area contributed by atoms with Gasteiger partial charge in [0.05, 0.1) is 27.5 Å². The molecule has 156 valence electrons. The molecular weight excluding hydrogens is 388 g/mol. The van der Waals surface area contributed by atoms with Crippen LogP contribution in [0.2, 0.25) is 0 Å². The molecule has 0 atom stereocenters. The van der Waals surface area contributed by atoms with Crippen molar-refractivity contribution in [2.45, 2.75) is 6.92 Å². The monoisotopic (exact) mass is 410 g/mol. The highest BCUT2D eigenvalue weighted by Crippen LogP contribution is 2.40. The summed E-state index contributed by atoms with van der Waals surface area (Å²) in [6.45, 7) is 1.42. The summed E-state index contributed by atoms with van der Waals surface area (Å²) in [4.78, 5) is 27.9. The van der Waals surface area contributed by atoms with Crippen molar-refractivity contribution in [3.8, 4) is 22.9 Å². The van der Waals surface area contributed by atoms with Crippen molar-refractivity contribution < 1.29 is 23.8 Å². The Morgan fingerprint density at radius 2 is 1.57 bits per heavy atom. The fourth-order valence-corrected chi connectivity index (χ4v) is 2.85. The Labute approximate surface area is 173 Å². The lowest BCUT2D eigenvalue weighted by Crippen LogP contribution is -2.12. The van der Waals surface area contributed by atoms with Gasteiger partial charge in [0.25, 0.3) is 5.91 Å². The van der Waals surface area contributed by atoms with Gasteiger partial charge in [-0.3, -0.25) is 9.59 Å². The molecule has 0 aliphatic heterocycles. The summed E-state index contributed by atoms with van der Waals surface area (Å²) in [5.41, 5.74) is 1.77. The molecule has 0 aliphatic carbocycles. The van der Waals surface area contributed by atoms with E-state index in [1.165, 1.54) is 28.3 Å². The molecule has 3 rings (SSSR count). The molecule has 3 aromatic rings. The van der Waals surface area contributed by atoms with Crippen LogP contribution in [0, 0.1) is 0 Å². The van der Waals surface area contributed by atoms with E-state index in [1.54, 1.807) is 53.5 Å². The molecule has 2 N–H and O–H groups in total. The van der Waals surface area contributed by atoms with Crippen LogP contribution in [-0.4, -0.2) is 42.7 Å². The number of amides is 2. The summed E-state index contributed by atoms with van der Waals surface area (Å²) >= 11 is 0. The molecule has 9 nitrogen and oxygen atoms in total. The van der Waals surface area contributed by atoms with Crippen LogP contribution in [0.25, 0.3) is 5.69 Å². The van der Waals surface area contributed by atoms with Crippen molar-refractivity contribution in [1.29, 1.82) is 0 Å². The van der Waals surface area contributed by atoms with Gasteiger partial charge in [-0.15, -0.1) is 0 Å². The van der Waals surface area contributed by atoms with Crippen LogP contribution in [0.5, 0.6) is 17.2 Å². The molecule has 2 aromatic carbocycles. The van der Waals surface area contributed by atoms with Gasteiger partial charge in [0, 0.05) is 36.0 Å². The van der Waals surface area contributed by atoms with Crippen LogP contribution in [0.3, 0.4) is 0 Å². The SMILES string of the molecule is COc1cc(NC(=O)c2ccc(-n3cnc(NC(C)=O)c3)cc2)cc(OC)c1OC. The summed E-state index contributed by atoms with van der Waals surface area (Å²) in [5, 5.41) is 5.44. The lowest BCUT2D eigenvalue weighted by molar-refractivity contribution is -0.114. The summed E-state index contributed by atoms with van der Waals surface area (Å²) in [5.74, 6) is 1.29. The first-order valence-electron chi connectivity index (χ1n) is 8.98. The van der Waals surface area contributed by atoms with Crippen LogP contribution in [0.1, 0.15) is 17.3 Å². The van der Waals surface area contributed by atoms with Crippen molar-refractivity contribution in [1.82, 2.24) is 9.55 Å². The van der Waals surface area contributed by atoms with Gasteiger partial charge in [-0.05, 0) is 24.3 Å². The number of imidazole rings is 1. The Bertz CT molecular complexity index is 1030. The topological polar surface area (TPSA) is 104 Å². The van der Waals surface area contributed by atoms with E-state index in [4.69, 9.17) is 14.2 Å². The van der Waals surface area contributed by atoms with E-state index < -0.39 is 0 Å². The lowest BCUT2D eigenvalue weighted by Gasteiger charge is -2.14. The zero-order chi connectivity index (χ0) is 21.7. The molecule has 0 aliphatic rings. The molecule has 0 spiro atoms. The Morgan fingerprint density at radius 1 is 0.933 bits per heavy atom. The minimum Gasteiger partial charge on any atom is -0.493 e. The number of methoxy groups -OCH3 is 3. The fourth-order valence-electron chi connectivity index (χ4n) is 2.85. The number of nitrogens with zero attached hydrogens (tertiary/aromatic N) is 2. The molecule has 2 amide bonds. The van der Waals surface area contributed by atoms with Crippen molar-refractivity contribution in [3.63, 3.8) is 0 Å². The van der Waals surface area contributed by atoms with E-state index in [2.05, 4.69) is 15.6 Å². The van der Waals surface area contributed by atoms with E-state index in [1.807, 2.05) is 0 Å². The standard InChI is InChI=1S/C21H22N4O5/c1-13(26)23-19-11-25(12-22-19)16-7-5-14(6-8-16)21(27)24-15-9-17(28-2)20(30-4)18(10-15)29-3/h5-12H,1-4H3,(H,23,26)(H,24,27). The van der Waals surface area contributed by atoms with Gasteiger partial charge < -0.3 is 29.4 Å². The molecule has 0 unspecified atom stereocenters. The predicted octanol–water partition coefficient (Wildman–Crippen LogP) is 3.11. The largest absolute Gasteiger partial charge is 0.493 e. The van der Waals surface area contributed by atoms with Gasteiger partial charge in [0.2, 0.25) is 11.7 Å². The van der Waals surface area contributed by atoms with Crippen LogP contribution in [0.4, 0.5) is 11.5 Å². The maximum Gasteiger partial charge on any atom is 0.255 e. The number of carbonyl (C=O) groups excluding carboxylic acids is 2. The summed E-state index contributed by atoms with van der Waals surface area (Å²) in [6, 6.07) is 10.3. The van der Waals surface area contributed by atoms with Gasteiger partial charge in [-0.1, -0.05) is 0 Å². The summed E-state index contributed by atoms with van der Waals surface area (Å²) in [6.07, 6.45) is 3.27. The molecule has 0 saturated carbocycles. The number of rotatable bonds is 7. The van der Waals surface area contributed by atoms with E-state index in [0.717, 1.165) is 5.69 Å². The Kier molecular flexibility index (Phi) is 6.21. The molecule has 30 heavy (non-hydrogen) atoms. The normalized spacial score (nSPS) is 10.3. The van der Waals surface area contributed by atoms with Gasteiger partial charge >= 0.3 is 0 Å². The maximum atomic E-state index is 12.7. The quantitative estimate of drug-likeness (QED) is 0.620. The first-order valence-corrected chi connectivity index (χ1v) is 8.98. The Morgan fingerprint density at radius 3 is 2.10 bits per heavy atom. The highest BCUT2D eigenvalue weighted by atomic mass is 16.5. The van der Waals surface area contributed by atoms with Crippen LogP contribution in [0.15, 0.2) is 48.9 Å². The van der Waals surface area contributed by atoms with Gasteiger partial charge in [0.1, 0.15) is 6.33 Å². The van der Waals surface area contributed by atoms with Gasteiger partial charge in [-0.2, -0.15) is 0 Å². The number of hydrogen-bond donors (Lipinski definition) is 2. The average molecular weight is 410 g/mol. The van der Waals surface area contributed by atoms with E-state index >= 15 is 0 Å². The smallest absolute Gasteiger partial charge is 0.255 e. The molecule has 0 fully saturated rings. The third kappa shape index (κ3) is 4.52. The summed E-state index contributed by atoms with van der Waals surface area (Å²) < 4.78 is 17.6. The van der Waals surface area contributed by atoms with E-state index in [0.29, 0.717) is 34.3 Å². The molecule has 9 heteroatoms. The molecule has 0 bridgehead atoms. The zero-order valence-corrected chi connectivity index (χ0v) is 17.1.